The molecule has 0 saturated heterocycles. The van der Waals surface area contributed by atoms with Gasteiger partial charge in [-0.2, -0.15) is 0 Å². The molecule has 3 aromatic heterocycles. The summed E-state index contributed by atoms with van der Waals surface area (Å²) in [5, 5.41) is 3.41. The largest absolute Gasteiger partial charge is 0.422 e. The maximum atomic E-state index is 13.1. The zero-order valence-electron chi connectivity index (χ0n) is 17.3. The van der Waals surface area contributed by atoms with Crippen LogP contribution >= 0.6 is 0 Å². The lowest BCUT2D eigenvalue weighted by Crippen LogP contribution is -2.38. The minimum atomic E-state index is -0.785. The Morgan fingerprint density at radius 3 is 2.61 bits per heavy atom. The summed E-state index contributed by atoms with van der Waals surface area (Å²) in [7, 11) is 2.86. The summed E-state index contributed by atoms with van der Waals surface area (Å²) in [6, 6.07) is 8.31. The molecule has 0 saturated carbocycles. The number of nitrogens with one attached hydrogen (secondary N) is 1. The highest BCUT2D eigenvalue weighted by Crippen LogP contribution is 2.24. The minimum Gasteiger partial charge on any atom is -0.422 e. The average molecular weight is 420 g/mol. The monoisotopic (exact) mass is 420 g/mol. The third-order valence-electron chi connectivity index (χ3n) is 5.19. The SMILES string of the molecule is CCCc1cnc2c(c1NC(=O)c1cc3ccccc3oc1=O)c(=O)n(C)c(=O)n2C. The number of para-hydroxylation sites is 1. The summed E-state index contributed by atoms with van der Waals surface area (Å²) >= 11 is 0. The zero-order valence-corrected chi connectivity index (χ0v) is 17.3. The van der Waals surface area contributed by atoms with E-state index in [2.05, 4.69) is 10.3 Å². The van der Waals surface area contributed by atoms with Crippen molar-refractivity contribution < 1.29 is 9.21 Å². The smallest absolute Gasteiger partial charge is 0.349 e. The van der Waals surface area contributed by atoms with Crippen molar-refractivity contribution in [1.82, 2.24) is 14.1 Å². The third-order valence-corrected chi connectivity index (χ3v) is 5.19. The van der Waals surface area contributed by atoms with Gasteiger partial charge in [-0.05, 0) is 24.1 Å². The number of rotatable bonds is 4. The first-order valence-corrected chi connectivity index (χ1v) is 9.75. The number of amides is 1. The molecular weight excluding hydrogens is 400 g/mol. The molecule has 4 rings (SSSR count). The molecule has 1 amide bonds. The normalized spacial score (nSPS) is 11.2. The first-order valence-electron chi connectivity index (χ1n) is 9.75. The van der Waals surface area contributed by atoms with E-state index in [1.165, 1.54) is 30.9 Å². The van der Waals surface area contributed by atoms with Crippen LogP contribution in [0.3, 0.4) is 0 Å². The van der Waals surface area contributed by atoms with Gasteiger partial charge >= 0.3 is 11.3 Å². The molecule has 9 nitrogen and oxygen atoms in total. The number of hydrogen-bond donors (Lipinski definition) is 1. The Hall–Kier alpha value is -4.01. The first-order chi connectivity index (χ1) is 14.8. The van der Waals surface area contributed by atoms with E-state index >= 15 is 0 Å². The van der Waals surface area contributed by atoms with Crippen molar-refractivity contribution in [2.45, 2.75) is 19.8 Å². The van der Waals surface area contributed by atoms with Gasteiger partial charge in [0.15, 0.2) is 5.65 Å². The van der Waals surface area contributed by atoms with E-state index in [0.717, 1.165) is 11.0 Å². The second-order valence-electron chi connectivity index (χ2n) is 7.25. The quantitative estimate of drug-likeness (QED) is 0.505. The van der Waals surface area contributed by atoms with Crippen LogP contribution in [0.1, 0.15) is 29.3 Å². The first kappa shape index (κ1) is 20.3. The number of fused-ring (bicyclic) bond motifs is 2. The number of nitrogens with zero attached hydrogens (tertiary/aromatic N) is 3. The van der Waals surface area contributed by atoms with Crippen LogP contribution in [0.25, 0.3) is 22.0 Å². The van der Waals surface area contributed by atoms with Crippen LogP contribution in [0.15, 0.2) is 55.3 Å². The maximum absolute atomic E-state index is 13.1. The topological polar surface area (TPSA) is 116 Å². The minimum absolute atomic E-state index is 0.106. The lowest BCUT2D eigenvalue weighted by molar-refractivity contribution is 0.102. The highest BCUT2D eigenvalue weighted by atomic mass is 16.4. The molecule has 0 aliphatic heterocycles. The van der Waals surface area contributed by atoms with Crippen molar-refractivity contribution in [3.63, 3.8) is 0 Å². The summed E-state index contributed by atoms with van der Waals surface area (Å²) in [6.07, 6.45) is 2.81. The lowest BCUT2D eigenvalue weighted by atomic mass is 10.1. The second-order valence-corrected chi connectivity index (χ2v) is 7.25. The van der Waals surface area contributed by atoms with E-state index in [-0.39, 0.29) is 22.3 Å². The second kappa shape index (κ2) is 7.67. The summed E-state index contributed by atoms with van der Waals surface area (Å²) in [5.74, 6) is -0.708. The molecule has 0 aliphatic carbocycles. The Morgan fingerprint density at radius 2 is 1.87 bits per heavy atom. The number of aryl methyl sites for hydroxylation is 2. The number of benzene rings is 1. The zero-order chi connectivity index (χ0) is 22.3. The van der Waals surface area contributed by atoms with Gasteiger partial charge < -0.3 is 9.73 Å². The number of carbonyl (C=O) groups is 1. The Kier molecular flexibility index (Phi) is 5.02. The predicted molar refractivity (Wildman–Crippen MR) is 117 cm³/mol. The van der Waals surface area contributed by atoms with Gasteiger partial charge in [-0.1, -0.05) is 31.5 Å². The van der Waals surface area contributed by atoms with Crippen LogP contribution in [0.5, 0.6) is 0 Å². The van der Waals surface area contributed by atoms with E-state index in [4.69, 9.17) is 4.42 Å². The van der Waals surface area contributed by atoms with Gasteiger partial charge in [0.25, 0.3) is 11.5 Å². The van der Waals surface area contributed by atoms with Crippen molar-refractivity contribution in [2.75, 3.05) is 5.32 Å². The van der Waals surface area contributed by atoms with Gasteiger partial charge in [0, 0.05) is 25.7 Å². The summed E-state index contributed by atoms with van der Waals surface area (Å²) < 4.78 is 7.46. The lowest BCUT2D eigenvalue weighted by Gasteiger charge is -2.15. The van der Waals surface area contributed by atoms with Crippen molar-refractivity contribution in [2.24, 2.45) is 14.1 Å². The molecule has 0 radical (unpaired) electrons. The number of carbonyl (C=O) groups excluding carboxylic acids is 1. The van der Waals surface area contributed by atoms with Gasteiger partial charge in [-0.3, -0.25) is 18.7 Å². The van der Waals surface area contributed by atoms with E-state index in [1.54, 1.807) is 24.3 Å². The highest BCUT2D eigenvalue weighted by molar-refractivity contribution is 6.09. The van der Waals surface area contributed by atoms with E-state index in [9.17, 15) is 19.2 Å². The summed E-state index contributed by atoms with van der Waals surface area (Å²) in [4.78, 5) is 54.9. The Labute approximate surface area is 175 Å². The molecule has 4 aromatic rings. The van der Waals surface area contributed by atoms with Crippen molar-refractivity contribution >= 4 is 33.6 Å². The highest BCUT2D eigenvalue weighted by Gasteiger charge is 2.21. The molecule has 0 atom stereocenters. The molecule has 0 aliphatic rings. The third kappa shape index (κ3) is 3.33. The number of pyridine rings is 1. The molecule has 0 fully saturated rings. The summed E-state index contributed by atoms with van der Waals surface area (Å²) in [5.41, 5.74) is -0.697. The van der Waals surface area contributed by atoms with Gasteiger partial charge in [0.1, 0.15) is 16.5 Å². The van der Waals surface area contributed by atoms with Crippen LogP contribution in [0.2, 0.25) is 0 Å². The van der Waals surface area contributed by atoms with E-state index in [1.807, 2.05) is 6.92 Å². The molecule has 9 heteroatoms. The average Bonchev–Trinajstić information content (AvgIpc) is 2.76. The number of hydrogen-bond acceptors (Lipinski definition) is 6. The fourth-order valence-corrected chi connectivity index (χ4v) is 3.57. The molecule has 158 valence electrons. The molecule has 0 unspecified atom stereocenters. The van der Waals surface area contributed by atoms with Crippen LogP contribution in [-0.2, 0) is 20.5 Å². The fraction of sp³-hybridized carbons (Fsp3) is 0.227. The molecule has 1 N–H and O–H groups in total. The molecule has 0 spiro atoms. The number of aromatic nitrogens is 3. The summed E-state index contributed by atoms with van der Waals surface area (Å²) in [6.45, 7) is 1.95. The predicted octanol–water partition coefficient (Wildman–Crippen LogP) is 1.94. The van der Waals surface area contributed by atoms with Gasteiger partial charge in [-0.25, -0.2) is 14.6 Å². The molecule has 31 heavy (non-hydrogen) atoms. The van der Waals surface area contributed by atoms with Gasteiger partial charge in [0.2, 0.25) is 0 Å². The Morgan fingerprint density at radius 1 is 1.13 bits per heavy atom. The van der Waals surface area contributed by atoms with Crippen LogP contribution in [0.4, 0.5) is 5.69 Å². The van der Waals surface area contributed by atoms with Crippen LogP contribution in [0, 0.1) is 0 Å². The number of anilines is 1. The van der Waals surface area contributed by atoms with Gasteiger partial charge in [-0.15, -0.1) is 0 Å². The molecule has 0 bridgehead atoms. The molecule has 3 heterocycles. The Bertz CT molecular complexity index is 1530. The van der Waals surface area contributed by atoms with Crippen molar-refractivity contribution in [3.8, 4) is 0 Å². The van der Waals surface area contributed by atoms with E-state index in [0.29, 0.717) is 23.0 Å². The van der Waals surface area contributed by atoms with Crippen LogP contribution < -0.4 is 22.2 Å². The van der Waals surface area contributed by atoms with Gasteiger partial charge in [0.05, 0.1) is 5.69 Å². The van der Waals surface area contributed by atoms with Crippen LogP contribution in [-0.4, -0.2) is 20.0 Å². The standard InChI is InChI=1S/C22H20N4O5/c1-4-7-13-11-23-18-16(20(28)26(3)22(30)25(18)2)17(13)24-19(27)14-10-12-8-5-6-9-15(12)31-21(14)29/h5-6,8-11H,4,7H2,1-3H3,(H,23,24,27). The molecule has 1 aromatic carbocycles. The fourth-order valence-electron chi connectivity index (χ4n) is 3.57. The van der Waals surface area contributed by atoms with E-state index < -0.39 is 22.8 Å². The van der Waals surface area contributed by atoms with Crippen molar-refractivity contribution in [3.05, 3.63) is 78.9 Å². The molecular formula is C22H20N4O5. The maximum Gasteiger partial charge on any atom is 0.349 e. The Balaban J connectivity index is 1.93. The van der Waals surface area contributed by atoms with Crippen molar-refractivity contribution in [1.29, 1.82) is 0 Å².